The third-order valence-corrected chi connectivity index (χ3v) is 23.8. The fourth-order valence-electron chi connectivity index (χ4n) is 12.3. The molecule has 0 aliphatic carbocycles. The molecule has 0 bridgehead atoms. The van der Waals surface area contributed by atoms with Crippen molar-refractivity contribution in [3.8, 4) is 0 Å². The van der Waals surface area contributed by atoms with Gasteiger partial charge in [-0.05, 0) is 122 Å². The highest BCUT2D eigenvalue weighted by Gasteiger charge is 2.48. The summed E-state index contributed by atoms with van der Waals surface area (Å²) in [5.41, 5.74) is 29.6. The van der Waals surface area contributed by atoms with Crippen LogP contribution >= 0.6 is 27.5 Å². The first-order valence-electron chi connectivity index (χ1n) is 33.1. The molecule has 540 valence electrons. The molecule has 14 N–H and O–H groups in total. The maximum absolute atomic E-state index is 10.6. The van der Waals surface area contributed by atoms with Crippen molar-refractivity contribution in [1.82, 2.24) is 68.1 Å². The average Bonchev–Trinajstić information content (AvgIpc) is 1.64. The minimum atomic E-state index is -1.23. The Kier molecular flexibility index (Phi) is 24.4. The van der Waals surface area contributed by atoms with Crippen molar-refractivity contribution in [1.29, 1.82) is 0 Å². The summed E-state index contributed by atoms with van der Waals surface area (Å²) in [4.78, 5) is 43.4. The van der Waals surface area contributed by atoms with Crippen molar-refractivity contribution in [3.05, 3.63) is 61.5 Å². The van der Waals surface area contributed by atoms with Crippen molar-refractivity contribution >= 4 is 120 Å². The van der Waals surface area contributed by atoms with E-state index in [0.717, 1.165) is 43.9 Å². The van der Waals surface area contributed by atoms with Gasteiger partial charge in [-0.3, -0.25) is 18.3 Å². The van der Waals surface area contributed by atoms with Crippen LogP contribution in [0.25, 0.3) is 44.7 Å². The number of aromatic nitrogens is 14. The highest BCUT2D eigenvalue weighted by Crippen LogP contribution is 2.45. The maximum Gasteiger partial charge on any atom is 0.167 e. The molecule has 12 rings (SSSR count). The number of rotatable bonds is 20. The van der Waals surface area contributed by atoms with Crippen LogP contribution in [0.5, 0.6) is 0 Å². The fourth-order valence-corrected chi connectivity index (χ4v) is 16.1. The zero-order chi connectivity index (χ0) is 71.7. The molecule has 98 heavy (non-hydrogen) atoms. The van der Waals surface area contributed by atoms with Crippen LogP contribution in [0.1, 0.15) is 89.4 Å². The van der Waals surface area contributed by atoms with Gasteiger partial charge in [0.15, 0.2) is 52.9 Å². The van der Waals surface area contributed by atoms with E-state index in [9.17, 15) is 30.6 Å². The predicted octanol–water partition coefficient (Wildman–Crippen LogP) is 5.16. The number of aliphatic hydroxyl groups excluding tert-OH is 6. The fraction of sp³-hybridized carbons (Fsp3) is 0.600. The predicted molar refractivity (Wildman–Crippen MR) is 400 cm³/mol. The quantitative estimate of drug-likeness (QED) is 0.0440. The minimum absolute atomic E-state index is 0.0353. The van der Waals surface area contributed by atoms with Crippen LogP contribution in [0, 0.1) is 5.92 Å². The summed E-state index contributed by atoms with van der Waals surface area (Å²) in [5.74, 6) is 1.80. The van der Waals surface area contributed by atoms with E-state index in [4.69, 9.17) is 46.6 Å². The zero-order valence-electron chi connectivity index (χ0n) is 58.5. The number of anilines is 4. The number of nitrogen functional groups attached to an aromatic ring is 4. The molecule has 4 fully saturated rings. The number of hydrogen-bond acceptors (Lipinski definition) is 25. The molecule has 12 heterocycles. The van der Waals surface area contributed by atoms with Crippen LogP contribution < -0.4 is 22.9 Å². The van der Waals surface area contributed by atoms with E-state index in [-0.39, 0.29) is 24.4 Å². The Labute approximate surface area is 573 Å². The molecule has 0 saturated carbocycles. The molecule has 8 aromatic rings. The molecule has 29 nitrogen and oxygen atoms in total. The largest absolute Gasteiger partial charge is 0.397 e. The second-order valence-electron chi connectivity index (χ2n) is 28.8. The molecule has 4 aliphatic rings. The Morgan fingerprint density at radius 2 is 0.796 bits per heavy atom. The van der Waals surface area contributed by atoms with Gasteiger partial charge in [0.2, 0.25) is 0 Å². The maximum atomic E-state index is 10.6. The van der Waals surface area contributed by atoms with Gasteiger partial charge in [0.05, 0.1) is 67.2 Å². The van der Waals surface area contributed by atoms with Crippen molar-refractivity contribution in [2.75, 3.05) is 108 Å². The number of fused-ring (bicyclic) bond motifs is 4. The van der Waals surface area contributed by atoms with E-state index in [0.29, 0.717) is 105 Å². The van der Waals surface area contributed by atoms with E-state index >= 15 is 0 Å². The number of aliphatic hydroxyl groups is 6. The van der Waals surface area contributed by atoms with Gasteiger partial charge < -0.3 is 77.3 Å². The summed E-state index contributed by atoms with van der Waals surface area (Å²) in [6, 6.07) is 3.44. The molecule has 0 aromatic carbocycles. The molecular weight excluding hydrogens is 1330 g/mol. The van der Waals surface area contributed by atoms with Crippen molar-refractivity contribution < 1.29 is 54.3 Å². The number of nitrogens with zero attached hydrogens (tertiary/aromatic N) is 14. The lowest BCUT2D eigenvalue weighted by Crippen LogP contribution is -2.33. The number of methoxy groups -OCH3 is 1. The Hall–Kier alpha value is -5.70. The lowest BCUT2D eigenvalue weighted by Gasteiger charge is -2.20. The van der Waals surface area contributed by atoms with Crippen LogP contribution in [0.3, 0.4) is 0 Å². The number of ether oxygens (including phenoxy) is 5. The number of pyridine rings is 2. The van der Waals surface area contributed by atoms with Gasteiger partial charge in [-0.1, -0.05) is 20.8 Å². The first kappa shape index (κ1) is 76.5. The van der Waals surface area contributed by atoms with Crippen LogP contribution in [-0.2, 0) is 36.5 Å². The standard InChI is InChI=1S/C17H28N5O3P.C16H26N5O3P.C16H25N4O3P.C16H25N4O2P/c1-5-6-11-20-15(18)12-16(21-11)22(9-19-12)17-14(24)13(23)10(25-17)7-8-26(2,3)4;1-5-10-19-14(17)11-15(20-10)21(8-18-11)16-13(23)12(22)9(24-16)6-7-25(2,3)4;1-22-14-13(21)11(6-8-24(2,3)4)23-16(14)20-9-19-12-10(17)5-7-18-15(12)20;1-10-14(21)12(6-8-23(2,3)4)22-16(10)20-9-19-13-11(17)5-7-18-15(13)20/h9-10,13-14,17,23-24H,2,5-8H2,1,3-4H3,(H2,18,20,21);8-9,12-13,16,22-23H,2,5-7H2,1,3-4H3,(H2,17,19,20);5,7,9,11,13-14,16,21H,2,6,8H2,1,3-4H3,(H2,17,18);5,7,9-10,12,14,16,21H,2,6,8H2,1,3-4H3,(H2,17,18)/t10-,13-,14-,17-;9-,12-,13-,16-;11-,13-,14-,16-;10-,12-,14+,16-/m1111/s1. The molecule has 33 heteroatoms. The van der Waals surface area contributed by atoms with E-state index in [1.807, 2.05) is 25.3 Å². The van der Waals surface area contributed by atoms with E-state index < -0.39 is 101 Å². The highest BCUT2D eigenvalue weighted by atomic mass is 31.2. The Morgan fingerprint density at radius 1 is 0.449 bits per heavy atom. The SMILES string of the molecule is C=P(C)(C)CC[C@H]1O[C@@H](n2cnc3c(N)ccnc32)[C@H](C)[C@@H]1O.C=P(C)(C)CC[C@H]1O[C@@H](n2cnc3c(N)ccnc32)[C@H](OC)[C@@H]1O.C=P(C)(C)CC[C@H]1O[C@@H](n2cnc3c(N)nc(CC)nc32)[C@H](O)[C@@H]1O.C=P(C)(C)CC[C@H]1O[C@@H](n2cnc3c(N)nc(CCC)nc32)[C@H](O)[C@@H]1O. The normalized spacial score (nSPS) is 27.5. The van der Waals surface area contributed by atoms with Crippen molar-refractivity contribution in [2.45, 2.75) is 158 Å². The molecule has 0 radical (unpaired) electrons. The second-order valence-corrected chi connectivity index (χ2v) is 46.1. The third kappa shape index (κ3) is 17.8. The Bertz CT molecular complexity index is 4240. The first-order valence-corrected chi connectivity index (χ1v) is 45.3. The van der Waals surface area contributed by atoms with Crippen molar-refractivity contribution in [3.63, 3.8) is 0 Å². The van der Waals surface area contributed by atoms with Gasteiger partial charge >= 0.3 is 0 Å². The lowest BCUT2D eigenvalue weighted by atomic mass is 10.0. The van der Waals surface area contributed by atoms with E-state index in [1.54, 1.807) is 58.0 Å². The third-order valence-electron chi connectivity index (χ3n) is 17.9. The van der Waals surface area contributed by atoms with Gasteiger partial charge in [-0.25, -0.2) is 49.8 Å². The van der Waals surface area contributed by atoms with E-state index in [2.05, 4.69) is 128 Å². The first-order chi connectivity index (χ1) is 46.0. The topological polar surface area (TPSA) is 420 Å². The number of aryl methyl sites for hydroxylation is 2. The Balaban J connectivity index is 0.000000153. The second kappa shape index (κ2) is 31.3. The molecule has 4 aliphatic heterocycles. The summed E-state index contributed by atoms with van der Waals surface area (Å²) in [6.07, 6.45) is 26.0. The van der Waals surface area contributed by atoms with Crippen LogP contribution in [0.15, 0.2) is 49.8 Å². The van der Waals surface area contributed by atoms with Gasteiger partial charge in [-0.2, -0.15) is 0 Å². The molecule has 0 spiro atoms. The number of hydrogen-bond donors (Lipinski definition) is 10. The average molecular weight is 1440 g/mol. The number of imidazole rings is 4. The highest BCUT2D eigenvalue weighted by molar-refractivity contribution is 7.73. The molecular formula is C65H104N18O11P4. The minimum Gasteiger partial charge on any atom is -0.397 e. The zero-order valence-corrected chi connectivity index (χ0v) is 62.1. The number of nitrogens with two attached hydrogens (primary N) is 4. The molecule has 0 unspecified atom stereocenters. The van der Waals surface area contributed by atoms with Gasteiger partial charge in [-0.15, -0.1) is 52.7 Å². The Morgan fingerprint density at radius 3 is 1.19 bits per heavy atom. The molecule has 0 amide bonds. The summed E-state index contributed by atoms with van der Waals surface area (Å²) < 4.78 is 36.7. The van der Waals surface area contributed by atoms with Gasteiger partial charge in [0.25, 0.3) is 0 Å². The lowest BCUT2D eigenvalue weighted by molar-refractivity contribution is -0.0496. The monoisotopic (exact) mass is 1440 g/mol. The molecule has 8 aromatic heterocycles. The van der Waals surface area contributed by atoms with Crippen LogP contribution in [0.4, 0.5) is 23.0 Å². The van der Waals surface area contributed by atoms with Gasteiger partial charge in [0.1, 0.15) is 76.6 Å². The van der Waals surface area contributed by atoms with Crippen molar-refractivity contribution in [2.24, 2.45) is 5.92 Å². The smallest absolute Gasteiger partial charge is 0.167 e. The summed E-state index contributed by atoms with van der Waals surface area (Å²) in [5, 5.41) is 62.9. The summed E-state index contributed by atoms with van der Waals surface area (Å²) in [7, 11) is 1.58. The van der Waals surface area contributed by atoms with Crippen LogP contribution in [0.2, 0.25) is 0 Å². The molecule has 16 atom stereocenters. The van der Waals surface area contributed by atoms with Gasteiger partial charge in [0, 0.05) is 38.3 Å². The molecule has 4 saturated heterocycles. The summed E-state index contributed by atoms with van der Waals surface area (Å²) in [6.45, 7) is 18.5. The van der Waals surface area contributed by atoms with Crippen LogP contribution in [-0.4, -0.2) is 276 Å². The summed E-state index contributed by atoms with van der Waals surface area (Å²) >= 11 is 0. The van der Waals surface area contributed by atoms with E-state index in [1.165, 1.54) is 12.7 Å².